The van der Waals surface area contributed by atoms with Crippen LogP contribution in [-0.4, -0.2) is 40.3 Å². The second-order valence-electron chi connectivity index (χ2n) is 7.38. The molecule has 0 saturated heterocycles. The van der Waals surface area contributed by atoms with Gasteiger partial charge in [-0.25, -0.2) is 4.98 Å². The molecule has 5 N–H and O–H groups in total. The molecule has 162 valence electrons. The summed E-state index contributed by atoms with van der Waals surface area (Å²) >= 11 is 6.14. The van der Waals surface area contributed by atoms with Crippen molar-refractivity contribution in [2.24, 2.45) is 11.7 Å². The van der Waals surface area contributed by atoms with Gasteiger partial charge in [-0.1, -0.05) is 43.6 Å². The summed E-state index contributed by atoms with van der Waals surface area (Å²) in [5.41, 5.74) is 12.0. The summed E-state index contributed by atoms with van der Waals surface area (Å²) in [6, 6.07) is 10.8. The number of hydrogen-bond donors (Lipinski definition) is 3. The first-order valence-electron chi connectivity index (χ1n) is 9.99. The minimum absolute atomic E-state index is 0.264. The number of likely N-dealkylation sites (N-methyl/N-ethyl adjacent to an activating group) is 1. The Balaban J connectivity index is 2.36. The number of primary amides is 1. The molecule has 30 heavy (non-hydrogen) atoms. The Bertz CT molecular complexity index is 870. The highest BCUT2D eigenvalue weighted by Gasteiger charge is 2.47. The van der Waals surface area contributed by atoms with Crippen molar-refractivity contribution in [3.05, 3.63) is 58.7 Å². The van der Waals surface area contributed by atoms with E-state index in [0.717, 1.165) is 11.1 Å². The van der Waals surface area contributed by atoms with Crippen LogP contribution in [0.5, 0.6) is 0 Å². The van der Waals surface area contributed by atoms with Crippen LogP contribution in [-0.2, 0) is 22.6 Å². The molecule has 2 amide bonds. The molecule has 0 saturated carbocycles. The van der Waals surface area contributed by atoms with Crippen molar-refractivity contribution in [2.75, 3.05) is 18.8 Å². The Kier molecular flexibility index (Phi) is 8.20. The molecule has 0 fully saturated rings. The average molecular weight is 432 g/mol. The molecular weight excluding hydrogens is 402 g/mol. The zero-order chi connectivity index (χ0) is 22.3. The molecule has 0 radical (unpaired) electrons. The van der Waals surface area contributed by atoms with Crippen molar-refractivity contribution < 1.29 is 9.59 Å². The number of nitrogens with two attached hydrogens (primary N) is 2. The number of nitrogens with zero attached hydrogens (tertiary/aromatic N) is 2. The molecule has 0 aliphatic rings. The third-order valence-electron chi connectivity index (χ3n) is 5.56. The van der Waals surface area contributed by atoms with Gasteiger partial charge in [0.25, 0.3) is 0 Å². The fourth-order valence-corrected chi connectivity index (χ4v) is 3.94. The molecule has 0 aliphatic carbocycles. The first-order valence-corrected chi connectivity index (χ1v) is 10.4. The summed E-state index contributed by atoms with van der Waals surface area (Å²) in [5, 5.41) is 3.50. The lowest BCUT2D eigenvalue weighted by Gasteiger charge is -2.42. The van der Waals surface area contributed by atoms with Gasteiger partial charge >= 0.3 is 0 Å². The molecule has 1 aromatic heterocycles. The van der Waals surface area contributed by atoms with Crippen LogP contribution >= 0.6 is 11.6 Å². The standard InChI is InChI=1S/C22H30ClN5O2/c1-4-28(5-2)22(3,21(25)30)18(12-15-7-6-8-17(23)11-15)20(29)27-14-16-9-10-19(24)26-13-16/h6-11,13,18H,4-5,12,14H2,1-3H3,(H2,24,26)(H2,25,30)(H,27,29)/t18-,22?/m1/s1. The summed E-state index contributed by atoms with van der Waals surface area (Å²) in [6.45, 7) is 7.06. The van der Waals surface area contributed by atoms with Crippen molar-refractivity contribution in [1.82, 2.24) is 15.2 Å². The number of amides is 2. The minimum Gasteiger partial charge on any atom is -0.384 e. The zero-order valence-corrected chi connectivity index (χ0v) is 18.4. The number of benzene rings is 1. The molecular formula is C22H30ClN5O2. The van der Waals surface area contributed by atoms with Crippen LogP contribution in [0.15, 0.2) is 42.6 Å². The van der Waals surface area contributed by atoms with Crippen LogP contribution in [0, 0.1) is 5.92 Å². The van der Waals surface area contributed by atoms with E-state index >= 15 is 0 Å². The first kappa shape index (κ1) is 23.6. The molecule has 2 atom stereocenters. The van der Waals surface area contributed by atoms with Crippen LogP contribution in [0.2, 0.25) is 5.02 Å². The summed E-state index contributed by atoms with van der Waals surface area (Å²) in [5.74, 6) is -1.11. The maximum absolute atomic E-state index is 13.3. The van der Waals surface area contributed by atoms with E-state index in [1.807, 2.05) is 30.9 Å². The van der Waals surface area contributed by atoms with Crippen LogP contribution in [0.4, 0.5) is 5.82 Å². The fourth-order valence-electron chi connectivity index (χ4n) is 3.73. The van der Waals surface area contributed by atoms with Gasteiger partial charge in [-0.3, -0.25) is 14.5 Å². The highest BCUT2D eigenvalue weighted by Crippen LogP contribution is 2.29. The number of rotatable bonds is 10. The van der Waals surface area contributed by atoms with E-state index in [4.69, 9.17) is 23.1 Å². The quantitative estimate of drug-likeness (QED) is 0.534. The van der Waals surface area contributed by atoms with Gasteiger partial charge in [-0.2, -0.15) is 0 Å². The third kappa shape index (κ3) is 5.49. The van der Waals surface area contributed by atoms with E-state index < -0.39 is 17.4 Å². The smallest absolute Gasteiger partial charge is 0.238 e. The Hall–Kier alpha value is -2.64. The number of hydrogen-bond acceptors (Lipinski definition) is 5. The van der Waals surface area contributed by atoms with Gasteiger partial charge in [0.05, 0.1) is 5.92 Å². The third-order valence-corrected chi connectivity index (χ3v) is 5.79. The van der Waals surface area contributed by atoms with E-state index in [1.165, 1.54) is 0 Å². The first-order chi connectivity index (χ1) is 14.2. The van der Waals surface area contributed by atoms with Gasteiger partial charge in [-0.15, -0.1) is 0 Å². The van der Waals surface area contributed by atoms with Gasteiger partial charge < -0.3 is 16.8 Å². The molecule has 1 heterocycles. The SMILES string of the molecule is CCN(CC)C(C)(C(N)=O)[C@H](Cc1cccc(Cl)c1)C(=O)NCc1ccc(N)nc1. The van der Waals surface area contributed by atoms with E-state index in [9.17, 15) is 9.59 Å². The van der Waals surface area contributed by atoms with Gasteiger partial charge in [0, 0.05) is 17.8 Å². The summed E-state index contributed by atoms with van der Waals surface area (Å²) in [6.07, 6.45) is 1.93. The molecule has 1 unspecified atom stereocenters. The lowest BCUT2D eigenvalue weighted by molar-refractivity contribution is -0.142. The number of carbonyl (C=O) groups excluding carboxylic acids is 2. The van der Waals surface area contributed by atoms with Crippen molar-refractivity contribution in [2.45, 2.75) is 39.3 Å². The van der Waals surface area contributed by atoms with Crippen LogP contribution in [0.1, 0.15) is 31.9 Å². The van der Waals surface area contributed by atoms with Crippen molar-refractivity contribution in [1.29, 1.82) is 0 Å². The van der Waals surface area contributed by atoms with E-state index in [-0.39, 0.29) is 12.5 Å². The van der Waals surface area contributed by atoms with Gasteiger partial charge in [0.1, 0.15) is 11.4 Å². The number of nitrogens with one attached hydrogen (secondary N) is 1. The summed E-state index contributed by atoms with van der Waals surface area (Å²) in [7, 11) is 0. The maximum Gasteiger partial charge on any atom is 0.238 e. The second kappa shape index (κ2) is 10.4. The maximum atomic E-state index is 13.3. The predicted molar refractivity (Wildman–Crippen MR) is 120 cm³/mol. The van der Waals surface area contributed by atoms with Gasteiger partial charge in [-0.05, 0) is 55.8 Å². The Morgan fingerprint density at radius 3 is 2.43 bits per heavy atom. The topological polar surface area (TPSA) is 114 Å². The molecule has 8 heteroatoms. The van der Waals surface area contributed by atoms with Crippen molar-refractivity contribution in [3.63, 3.8) is 0 Å². The lowest BCUT2D eigenvalue weighted by atomic mass is 9.78. The molecule has 2 aromatic rings. The lowest BCUT2D eigenvalue weighted by Crippen LogP contribution is -2.63. The van der Waals surface area contributed by atoms with E-state index in [1.54, 1.807) is 37.4 Å². The number of pyridine rings is 1. The number of carbonyl (C=O) groups is 2. The molecule has 2 rings (SSSR count). The molecule has 0 bridgehead atoms. The summed E-state index contributed by atoms with van der Waals surface area (Å²) in [4.78, 5) is 31.9. The predicted octanol–water partition coefficient (Wildman–Crippen LogP) is 2.38. The number of halogens is 1. The van der Waals surface area contributed by atoms with Crippen LogP contribution < -0.4 is 16.8 Å². The number of anilines is 1. The fraction of sp³-hybridized carbons (Fsp3) is 0.409. The zero-order valence-electron chi connectivity index (χ0n) is 17.7. The Labute approximate surface area is 182 Å². The minimum atomic E-state index is -1.17. The van der Waals surface area contributed by atoms with Gasteiger partial charge in [0.15, 0.2) is 0 Å². The Morgan fingerprint density at radius 2 is 1.90 bits per heavy atom. The molecule has 0 spiro atoms. The average Bonchev–Trinajstić information content (AvgIpc) is 2.72. The van der Waals surface area contributed by atoms with Gasteiger partial charge in [0.2, 0.25) is 11.8 Å². The van der Waals surface area contributed by atoms with Crippen molar-refractivity contribution in [3.8, 4) is 0 Å². The highest BCUT2D eigenvalue weighted by molar-refractivity contribution is 6.30. The molecule has 1 aromatic carbocycles. The van der Waals surface area contributed by atoms with E-state index in [2.05, 4.69) is 10.3 Å². The van der Waals surface area contributed by atoms with Crippen LogP contribution in [0.25, 0.3) is 0 Å². The normalized spacial score (nSPS) is 14.2. The molecule has 7 nitrogen and oxygen atoms in total. The van der Waals surface area contributed by atoms with Crippen molar-refractivity contribution >= 4 is 29.2 Å². The van der Waals surface area contributed by atoms with Crippen LogP contribution in [0.3, 0.4) is 0 Å². The second-order valence-corrected chi connectivity index (χ2v) is 7.82. The molecule has 0 aliphatic heterocycles. The Morgan fingerprint density at radius 1 is 1.20 bits per heavy atom. The highest BCUT2D eigenvalue weighted by atomic mass is 35.5. The van der Waals surface area contributed by atoms with E-state index in [0.29, 0.717) is 30.4 Å². The number of nitrogen functional groups attached to an aromatic ring is 1. The summed E-state index contributed by atoms with van der Waals surface area (Å²) < 4.78 is 0. The number of aromatic nitrogens is 1. The largest absolute Gasteiger partial charge is 0.384 e. The monoisotopic (exact) mass is 431 g/mol.